The Kier molecular flexibility index (Phi) is 3.80. The first-order chi connectivity index (χ1) is 9.83. The SMILES string of the molecule is CC(OCc1ccccc1)c1ccc2ccccc2c1. The molecule has 100 valence electrons. The molecular formula is C19H18O. The van der Waals surface area contributed by atoms with Crippen LogP contribution >= 0.6 is 0 Å². The summed E-state index contributed by atoms with van der Waals surface area (Å²) in [5.74, 6) is 0. The van der Waals surface area contributed by atoms with Crippen LogP contribution in [0.15, 0.2) is 72.8 Å². The topological polar surface area (TPSA) is 9.23 Å². The van der Waals surface area contributed by atoms with Crippen LogP contribution in [0.25, 0.3) is 10.8 Å². The molecule has 0 saturated carbocycles. The van der Waals surface area contributed by atoms with E-state index in [1.165, 1.54) is 21.9 Å². The molecule has 1 heteroatoms. The second-order valence-corrected chi connectivity index (χ2v) is 5.05. The molecule has 3 aromatic rings. The minimum Gasteiger partial charge on any atom is -0.369 e. The molecule has 0 saturated heterocycles. The predicted molar refractivity (Wildman–Crippen MR) is 83.6 cm³/mol. The Balaban J connectivity index is 1.73. The maximum atomic E-state index is 5.96. The van der Waals surface area contributed by atoms with E-state index < -0.39 is 0 Å². The monoisotopic (exact) mass is 262 g/mol. The second-order valence-electron chi connectivity index (χ2n) is 5.05. The molecule has 0 amide bonds. The van der Waals surface area contributed by atoms with Gasteiger partial charge in [-0.1, -0.05) is 66.7 Å². The van der Waals surface area contributed by atoms with Crippen molar-refractivity contribution in [3.8, 4) is 0 Å². The highest BCUT2D eigenvalue weighted by Gasteiger charge is 2.06. The molecule has 1 unspecified atom stereocenters. The molecule has 1 atom stereocenters. The fraction of sp³-hybridized carbons (Fsp3) is 0.158. The lowest BCUT2D eigenvalue weighted by Crippen LogP contribution is -2.00. The summed E-state index contributed by atoms with van der Waals surface area (Å²) in [6.07, 6.45) is 0.0970. The summed E-state index contributed by atoms with van der Waals surface area (Å²) >= 11 is 0. The van der Waals surface area contributed by atoms with Crippen LogP contribution < -0.4 is 0 Å². The van der Waals surface area contributed by atoms with Crippen LogP contribution in [-0.4, -0.2) is 0 Å². The van der Waals surface area contributed by atoms with Crippen LogP contribution in [0.3, 0.4) is 0 Å². The normalized spacial score (nSPS) is 12.4. The molecule has 0 aromatic heterocycles. The van der Waals surface area contributed by atoms with E-state index in [-0.39, 0.29) is 6.10 Å². The fourth-order valence-electron chi connectivity index (χ4n) is 2.35. The average molecular weight is 262 g/mol. The van der Waals surface area contributed by atoms with E-state index in [1.807, 2.05) is 18.2 Å². The van der Waals surface area contributed by atoms with Crippen molar-refractivity contribution in [2.45, 2.75) is 19.6 Å². The Labute approximate surface area is 119 Å². The van der Waals surface area contributed by atoms with Crippen molar-refractivity contribution in [2.75, 3.05) is 0 Å². The van der Waals surface area contributed by atoms with Gasteiger partial charge in [0.15, 0.2) is 0 Å². The number of rotatable bonds is 4. The number of hydrogen-bond donors (Lipinski definition) is 0. The van der Waals surface area contributed by atoms with E-state index >= 15 is 0 Å². The Bertz CT molecular complexity index is 688. The van der Waals surface area contributed by atoms with Gasteiger partial charge in [-0.25, -0.2) is 0 Å². The molecule has 0 aliphatic carbocycles. The lowest BCUT2D eigenvalue weighted by atomic mass is 10.0. The lowest BCUT2D eigenvalue weighted by Gasteiger charge is -2.14. The quantitative estimate of drug-likeness (QED) is 0.634. The summed E-state index contributed by atoms with van der Waals surface area (Å²) in [7, 11) is 0. The smallest absolute Gasteiger partial charge is 0.0801 e. The molecule has 0 N–H and O–H groups in total. The van der Waals surface area contributed by atoms with Crippen molar-refractivity contribution in [3.63, 3.8) is 0 Å². The molecular weight excluding hydrogens is 244 g/mol. The number of hydrogen-bond acceptors (Lipinski definition) is 1. The van der Waals surface area contributed by atoms with E-state index in [9.17, 15) is 0 Å². The summed E-state index contributed by atoms with van der Waals surface area (Å²) in [6, 6.07) is 25.2. The first kappa shape index (κ1) is 12.9. The molecule has 0 aliphatic heterocycles. The number of fused-ring (bicyclic) bond motifs is 1. The minimum atomic E-state index is 0.0970. The highest BCUT2D eigenvalue weighted by atomic mass is 16.5. The molecule has 20 heavy (non-hydrogen) atoms. The molecule has 0 bridgehead atoms. The minimum absolute atomic E-state index is 0.0970. The van der Waals surface area contributed by atoms with Crippen molar-refractivity contribution in [1.29, 1.82) is 0 Å². The summed E-state index contributed by atoms with van der Waals surface area (Å²) in [5, 5.41) is 2.53. The van der Waals surface area contributed by atoms with Crippen LogP contribution in [0.5, 0.6) is 0 Å². The molecule has 0 heterocycles. The van der Waals surface area contributed by atoms with Crippen LogP contribution in [0, 0.1) is 0 Å². The standard InChI is InChI=1S/C19H18O/c1-15(20-14-16-7-3-2-4-8-16)18-12-11-17-9-5-6-10-19(17)13-18/h2-13,15H,14H2,1H3. The third-order valence-corrected chi connectivity index (χ3v) is 3.59. The van der Waals surface area contributed by atoms with Gasteiger partial charge in [0, 0.05) is 0 Å². The van der Waals surface area contributed by atoms with Gasteiger partial charge in [0.25, 0.3) is 0 Å². The lowest BCUT2D eigenvalue weighted by molar-refractivity contribution is 0.0526. The summed E-state index contributed by atoms with van der Waals surface area (Å²) in [6.45, 7) is 2.75. The maximum Gasteiger partial charge on any atom is 0.0801 e. The van der Waals surface area contributed by atoms with Gasteiger partial charge in [-0.3, -0.25) is 0 Å². The zero-order chi connectivity index (χ0) is 13.8. The van der Waals surface area contributed by atoms with Gasteiger partial charge < -0.3 is 4.74 Å². The zero-order valence-electron chi connectivity index (χ0n) is 11.6. The average Bonchev–Trinajstić information content (AvgIpc) is 2.53. The van der Waals surface area contributed by atoms with Gasteiger partial charge in [-0.15, -0.1) is 0 Å². The highest BCUT2D eigenvalue weighted by Crippen LogP contribution is 2.23. The summed E-state index contributed by atoms with van der Waals surface area (Å²) in [5.41, 5.74) is 2.43. The van der Waals surface area contributed by atoms with Gasteiger partial charge >= 0.3 is 0 Å². The van der Waals surface area contributed by atoms with Gasteiger partial charge in [0.1, 0.15) is 0 Å². The van der Waals surface area contributed by atoms with Gasteiger partial charge in [-0.2, -0.15) is 0 Å². The van der Waals surface area contributed by atoms with Crippen LogP contribution in [0.1, 0.15) is 24.2 Å². The van der Waals surface area contributed by atoms with E-state index in [0.717, 1.165) is 0 Å². The van der Waals surface area contributed by atoms with Crippen LogP contribution in [0.2, 0.25) is 0 Å². The largest absolute Gasteiger partial charge is 0.369 e. The van der Waals surface area contributed by atoms with E-state index in [0.29, 0.717) is 6.61 Å². The molecule has 0 spiro atoms. The van der Waals surface area contributed by atoms with Gasteiger partial charge in [-0.05, 0) is 34.9 Å². The Morgan fingerprint density at radius 1 is 0.800 bits per heavy atom. The number of benzene rings is 3. The third kappa shape index (κ3) is 2.89. The molecule has 0 radical (unpaired) electrons. The van der Waals surface area contributed by atoms with Gasteiger partial charge in [0.2, 0.25) is 0 Å². The predicted octanol–water partition coefficient (Wildman–Crippen LogP) is 5.12. The van der Waals surface area contributed by atoms with Crippen LogP contribution in [0.4, 0.5) is 0 Å². The molecule has 3 aromatic carbocycles. The van der Waals surface area contributed by atoms with Crippen molar-refractivity contribution in [2.24, 2.45) is 0 Å². The van der Waals surface area contributed by atoms with E-state index in [1.54, 1.807) is 0 Å². The van der Waals surface area contributed by atoms with Crippen molar-refractivity contribution in [1.82, 2.24) is 0 Å². The van der Waals surface area contributed by atoms with Crippen molar-refractivity contribution >= 4 is 10.8 Å². The zero-order valence-corrected chi connectivity index (χ0v) is 11.6. The number of ether oxygens (including phenoxy) is 1. The first-order valence-electron chi connectivity index (χ1n) is 6.97. The Morgan fingerprint density at radius 2 is 1.50 bits per heavy atom. The van der Waals surface area contributed by atoms with Crippen molar-refractivity contribution < 1.29 is 4.74 Å². The van der Waals surface area contributed by atoms with E-state index in [2.05, 4.69) is 61.5 Å². The molecule has 1 nitrogen and oxygen atoms in total. The third-order valence-electron chi connectivity index (χ3n) is 3.59. The highest BCUT2D eigenvalue weighted by molar-refractivity contribution is 5.83. The summed E-state index contributed by atoms with van der Waals surface area (Å²) in [4.78, 5) is 0. The molecule has 0 aliphatic rings. The van der Waals surface area contributed by atoms with Crippen molar-refractivity contribution in [3.05, 3.63) is 83.9 Å². The maximum absolute atomic E-state index is 5.96. The first-order valence-corrected chi connectivity index (χ1v) is 6.97. The van der Waals surface area contributed by atoms with Crippen LogP contribution in [-0.2, 0) is 11.3 Å². The summed E-state index contributed by atoms with van der Waals surface area (Å²) < 4.78 is 5.96. The second kappa shape index (κ2) is 5.89. The van der Waals surface area contributed by atoms with E-state index in [4.69, 9.17) is 4.74 Å². The fourth-order valence-corrected chi connectivity index (χ4v) is 2.35. The molecule has 0 fully saturated rings. The Morgan fingerprint density at radius 3 is 2.30 bits per heavy atom. The molecule has 3 rings (SSSR count). The van der Waals surface area contributed by atoms with Gasteiger partial charge in [0.05, 0.1) is 12.7 Å². The Hall–Kier alpha value is -2.12.